The second-order valence-corrected chi connectivity index (χ2v) is 7.23. The van der Waals surface area contributed by atoms with Crippen molar-refractivity contribution in [2.24, 2.45) is 5.41 Å². The van der Waals surface area contributed by atoms with Crippen molar-refractivity contribution in [1.82, 2.24) is 4.90 Å². The van der Waals surface area contributed by atoms with E-state index < -0.39 is 28.7 Å². The molecule has 7 heteroatoms. The smallest absolute Gasteiger partial charge is 0.410 e. The summed E-state index contributed by atoms with van der Waals surface area (Å²) in [5.74, 6) is -1.07. The Labute approximate surface area is 130 Å². The number of likely N-dealkylation sites (tertiary alicyclic amines) is 1. The normalized spacial score (nSPS) is 32.8. The highest BCUT2D eigenvalue weighted by molar-refractivity contribution is 5.77. The van der Waals surface area contributed by atoms with Crippen LogP contribution in [0.3, 0.4) is 0 Å². The van der Waals surface area contributed by atoms with Gasteiger partial charge in [-0.3, -0.25) is 4.79 Å². The van der Waals surface area contributed by atoms with E-state index in [0.29, 0.717) is 26.0 Å². The highest BCUT2D eigenvalue weighted by Crippen LogP contribution is 2.44. The predicted molar refractivity (Wildman–Crippen MR) is 77.5 cm³/mol. The van der Waals surface area contributed by atoms with Crippen LogP contribution in [-0.4, -0.2) is 64.7 Å². The van der Waals surface area contributed by atoms with E-state index in [4.69, 9.17) is 9.47 Å². The summed E-state index contributed by atoms with van der Waals surface area (Å²) in [6.07, 6.45) is 0.596. The number of hydrogen-bond donors (Lipinski definition) is 2. The summed E-state index contributed by atoms with van der Waals surface area (Å²) >= 11 is 0. The van der Waals surface area contributed by atoms with Gasteiger partial charge < -0.3 is 24.6 Å². The van der Waals surface area contributed by atoms with E-state index in [9.17, 15) is 19.8 Å². The number of nitrogens with zero attached hydrogens (tertiary/aromatic N) is 1. The molecule has 2 rings (SSSR count). The number of carboxylic acids is 1. The van der Waals surface area contributed by atoms with Crippen molar-refractivity contribution >= 4 is 12.1 Å². The number of ether oxygens (including phenoxy) is 2. The molecule has 0 radical (unpaired) electrons. The van der Waals surface area contributed by atoms with Crippen LogP contribution in [0.25, 0.3) is 0 Å². The molecular weight excluding hydrogens is 290 g/mol. The van der Waals surface area contributed by atoms with Gasteiger partial charge in [-0.15, -0.1) is 0 Å². The van der Waals surface area contributed by atoms with Crippen molar-refractivity contribution in [1.29, 1.82) is 0 Å². The van der Waals surface area contributed by atoms with Gasteiger partial charge in [0, 0.05) is 13.2 Å². The Balaban J connectivity index is 2.18. The summed E-state index contributed by atoms with van der Waals surface area (Å²) in [7, 11) is 0. The standard InChI is InChI=1S/C15H25NO6/c1-13(2,3)22-12(19)16-7-4-5-15(20,9-16)14(11(17)18)6-8-21-10-14/h20H,4-10H2,1-3H3,(H,17,18). The summed E-state index contributed by atoms with van der Waals surface area (Å²) in [6, 6.07) is 0. The van der Waals surface area contributed by atoms with Gasteiger partial charge in [0.05, 0.1) is 13.2 Å². The van der Waals surface area contributed by atoms with E-state index >= 15 is 0 Å². The van der Waals surface area contributed by atoms with Crippen molar-refractivity contribution in [2.75, 3.05) is 26.3 Å². The zero-order valence-corrected chi connectivity index (χ0v) is 13.4. The van der Waals surface area contributed by atoms with Crippen LogP contribution in [0, 0.1) is 5.41 Å². The number of amides is 1. The Bertz CT molecular complexity index is 451. The van der Waals surface area contributed by atoms with E-state index in [1.807, 2.05) is 0 Å². The Morgan fingerprint density at radius 1 is 1.27 bits per heavy atom. The fourth-order valence-electron chi connectivity index (χ4n) is 3.21. The lowest BCUT2D eigenvalue weighted by molar-refractivity contribution is -0.178. The Morgan fingerprint density at radius 2 is 1.95 bits per heavy atom. The van der Waals surface area contributed by atoms with Crippen LogP contribution < -0.4 is 0 Å². The highest BCUT2D eigenvalue weighted by Gasteiger charge is 2.60. The molecule has 22 heavy (non-hydrogen) atoms. The summed E-state index contributed by atoms with van der Waals surface area (Å²) in [5, 5.41) is 20.6. The second-order valence-electron chi connectivity index (χ2n) is 7.23. The largest absolute Gasteiger partial charge is 0.481 e. The minimum Gasteiger partial charge on any atom is -0.481 e. The zero-order valence-electron chi connectivity index (χ0n) is 13.4. The summed E-state index contributed by atoms with van der Waals surface area (Å²) < 4.78 is 10.6. The first-order valence-corrected chi connectivity index (χ1v) is 7.61. The SMILES string of the molecule is CC(C)(C)OC(=O)N1CCCC(O)(C2(C(=O)O)CCOC2)C1. The molecule has 2 atom stereocenters. The van der Waals surface area contributed by atoms with Gasteiger partial charge >= 0.3 is 12.1 Å². The molecule has 2 N–H and O–H groups in total. The molecule has 0 aliphatic carbocycles. The molecule has 2 saturated heterocycles. The van der Waals surface area contributed by atoms with E-state index in [1.54, 1.807) is 20.8 Å². The van der Waals surface area contributed by atoms with E-state index in [2.05, 4.69) is 0 Å². The monoisotopic (exact) mass is 315 g/mol. The maximum atomic E-state index is 12.2. The van der Waals surface area contributed by atoms with Gasteiger partial charge in [0.15, 0.2) is 0 Å². The topological polar surface area (TPSA) is 96.3 Å². The molecule has 1 amide bonds. The third-order valence-corrected chi connectivity index (χ3v) is 4.44. The maximum absolute atomic E-state index is 12.2. The molecule has 0 spiro atoms. The number of piperidine rings is 1. The molecule has 0 bridgehead atoms. The van der Waals surface area contributed by atoms with Gasteiger partial charge in [-0.25, -0.2) is 4.79 Å². The number of rotatable bonds is 2. The van der Waals surface area contributed by atoms with Gasteiger partial charge in [-0.05, 0) is 40.0 Å². The number of carboxylic acid groups (broad SMARTS) is 1. The van der Waals surface area contributed by atoms with Crippen LogP contribution >= 0.6 is 0 Å². The molecule has 0 saturated carbocycles. The third kappa shape index (κ3) is 3.05. The van der Waals surface area contributed by atoms with Crippen LogP contribution in [0.4, 0.5) is 4.79 Å². The van der Waals surface area contributed by atoms with Crippen LogP contribution in [0.1, 0.15) is 40.0 Å². The van der Waals surface area contributed by atoms with Crippen molar-refractivity contribution in [3.63, 3.8) is 0 Å². The molecule has 7 nitrogen and oxygen atoms in total. The van der Waals surface area contributed by atoms with Crippen LogP contribution in [-0.2, 0) is 14.3 Å². The Kier molecular flexibility index (Phi) is 4.41. The average Bonchev–Trinajstić information content (AvgIpc) is 2.87. The first kappa shape index (κ1) is 17.0. The first-order chi connectivity index (χ1) is 10.1. The summed E-state index contributed by atoms with van der Waals surface area (Å²) in [4.78, 5) is 25.4. The lowest BCUT2D eigenvalue weighted by Crippen LogP contribution is -2.62. The van der Waals surface area contributed by atoms with E-state index in [-0.39, 0.29) is 19.6 Å². The number of hydrogen-bond acceptors (Lipinski definition) is 5. The number of β-amino-alcohol motifs (C(OH)–C–C–N with tert-alkyl or cyclic N) is 1. The summed E-state index contributed by atoms with van der Waals surface area (Å²) in [5.41, 5.74) is -3.48. The van der Waals surface area contributed by atoms with Crippen LogP contribution in [0.2, 0.25) is 0 Å². The van der Waals surface area contributed by atoms with Crippen LogP contribution in [0.15, 0.2) is 0 Å². The van der Waals surface area contributed by atoms with Crippen LogP contribution in [0.5, 0.6) is 0 Å². The molecule has 0 aromatic rings. The predicted octanol–water partition coefficient (Wildman–Crippen LogP) is 1.24. The van der Waals surface area contributed by atoms with Crippen molar-refractivity contribution < 1.29 is 29.3 Å². The summed E-state index contributed by atoms with van der Waals surface area (Å²) in [6.45, 7) is 5.99. The molecule has 2 fully saturated rings. The molecule has 0 aromatic heterocycles. The minimum absolute atomic E-state index is 0.0268. The quantitative estimate of drug-likeness (QED) is 0.796. The fraction of sp³-hybridized carbons (Fsp3) is 0.867. The molecule has 2 aliphatic heterocycles. The van der Waals surface area contributed by atoms with Crippen molar-refractivity contribution in [3.05, 3.63) is 0 Å². The molecule has 2 unspecified atom stereocenters. The number of carbonyl (C=O) groups excluding carboxylic acids is 1. The van der Waals surface area contributed by atoms with Gasteiger partial charge in [0.25, 0.3) is 0 Å². The lowest BCUT2D eigenvalue weighted by atomic mass is 9.67. The van der Waals surface area contributed by atoms with Gasteiger partial charge in [0.2, 0.25) is 0 Å². The highest BCUT2D eigenvalue weighted by atomic mass is 16.6. The minimum atomic E-state index is -1.50. The van der Waals surface area contributed by atoms with Gasteiger partial charge in [0.1, 0.15) is 16.6 Å². The first-order valence-electron chi connectivity index (χ1n) is 7.61. The Morgan fingerprint density at radius 3 is 2.45 bits per heavy atom. The Hall–Kier alpha value is -1.34. The maximum Gasteiger partial charge on any atom is 0.410 e. The average molecular weight is 315 g/mol. The lowest BCUT2D eigenvalue weighted by Gasteiger charge is -2.47. The molecule has 2 aliphatic rings. The number of aliphatic carboxylic acids is 1. The molecule has 2 heterocycles. The fourth-order valence-corrected chi connectivity index (χ4v) is 3.21. The molecule has 126 valence electrons. The van der Waals surface area contributed by atoms with E-state index in [1.165, 1.54) is 4.90 Å². The number of aliphatic hydroxyl groups is 1. The third-order valence-electron chi connectivity index (χ3n) is 4.44. The second kappa shape index (κ2) is 5.70. The molecule has 0 aromatic carbocycles. The zero-order chi connectivity index (χ0) is 16.6. The van der Waals surface area contributed by atoms with Crippen molar-refractivity contribution in [2.45, 2.75) is 51.2 Å². The van der Waals surface area contributed by atoms with Gasteiger partial charge in [-0.2, -0.15) is 0 Å². The molecular formula is C15H25NO6. The van der Waals surface area contributed by atoms with E-state index in [0.717, 1.165) is 0 Å². The number of carbonyl (C=O) groups is 2. The van der Waals surface area contributed by atoms with Gasteiger partial charge in [-0.1, -0.05) is 0 Å². The van der Waals surface area contributed by atoms with Crippen molar-refractivity contribution in [3.8, 4) is 0 Å².